The minimum atomic E-state index is -5.60. The van der Waals surface area contributed by atoms with E-state index in [4.69, 9.17) is 4.74 Å². The first-order chi connectivity index (χ1) is 20.7. The van der Waals surface area contributed by atoms with Gasteiger partial charge in [0.2, 0.25) is 0 Å². The molecule has 0 saturated carbocycles. The molecule has 1 aliphatic rings. The average molecular weight is 622 g/mol. The SMILES string of the molecule is CCc1cc(N2C(=O)C(OC(=O)C(F)(F)F)N(c3cncc(C(F)(F)F)c3)C2=O)ccc1Oc1ccnc2ncc(=O)[nH]c12. The molecule has 1 saturated heterocycles. The summed E-state index contributed by atoms with van der Waals surface area (Å²) < 4.78 is 89.3. The molecule has 1 unspecified atom stereocenters. The number of carbonyl (C=O) groups excluding carboxylic acids is 3. The van der Waals surface area contributed by atoms with Crippen molar-refractivity contribution in [3.63, 3.8) is 0 Å². The number of aryl methyl sites for hydroxylation is 1. The van der Waals surface area contributed by atoms with Crippen LogP contribution in [0.2, 0.25) is 0 Å². The highest BCUT2D eigenvalue weighted by atomic mass is 19.4. The Morgan fingerprint density at radius 1 is 0.955 bits per heavy atom. The van der Waals surface area contributed by atoms with E-state index in [-0.39, 0.29) is 39.7 Å². The van der Waals surface area contributed by atoms with Crippen molar-refractivity contribution < 1.29 is 50.2 Å². The van der Waals surface area contributed by atoms with Gasteiger partial charge in [0.15, 0.2) is 11.4 Å². The molecule has 18 heteroatoms. The minimum absolute atomic E-state index is 0.137. The van der Waals surface area contributed by atoms with Crippen LogP contribution in [-0.2, 0) is 26.9 Å². The number of pyridine rings is 2. The summed E-state index contributed by atoms with van der Waals surface area (Å²) >= 11 is 0. The van der Waals surface area contributed by atoms with Crippen LogP contribution in [-0.4, -0.2) is 50.2 Å². The largest absolute Gasteiger partial charge is 0.491 e. The van der Waals surface area contributed by atoms with E-state index in [0.29, 0.717) is 28.9 Å². The fourth-order valence-corrected chi connectivity index (χ4v) is 4.20. The molecule has 1 N–H and O–H groups in total. The maximum Gasteiger partial charge on any atom is 0.491 e. The zero-order chi connectivity index (χ0) is 32.0. The maximum atomic E-state index is 13.4. The molecule has 12 nitrogen and oxygen atoms in total. The number of rotatable bonds is 6. The van der Waals surface area contributed by atoms with E-state index >= 15 is 0 Å². The number of esters is 1. The standard InChI is InChI=1S/C26H16F6N6O6/c1-2-12-7-14(3-4-16(12)43-17-5-6-34-20-19(17)36-18(39)11-35-20)37-21(40)22(44-23(41)26(30,31)32)38(24(37)42)15-8-13(9-33-10-15)25(27,28)29/h3-11,22H,2H2,1H3,(H,36,39). The monoisotopic (exact) mass is 622 g/mol. The first-order valence-electron chi connectivity index (χ1n) is 12.3. The predicted molar refractivity (Wildman–Crippen MR) is 137 cm³/mol. The van der Waals surface area contributed by atoms with Crippen molar-refractivity contribution in [2.24, 2.45) is 0 Å². The number of hydrogen-bond acceptors (Lipinski definition) is 9. The maximum absolute atomic E-state index is 13.4. The Balaban J connectivity index is 1.54. The third-order valence-electron chi connectivity index (χ3n) is 6.19. The Morgan fingerprint density at radius 2 is 1.70 bits per heavy atom. The lowest BCUT2D eigenvalue weighted by Gasteiger charge is -2.22. The molecule has 1 atom stereocenters. The number of fused-ring (bicyclic) bond motifs is 1. The fraction of sp³-hybridized carbons (Fsp3) is 0.192. The molecule has 0 radical (unpaired) electrons. The molecule has 4 aromatic rings. The Labute approximate surface area is 240 Å². The number of amides is 3. The van der Waals surface area contributed by atoms with E-state index in [1.54, 1.807) is 6.92 Å². The lowest BCUT2D eigenvalue weighted by molar-refractivity contribution is -0.204. The van der Waals surface area contributed by atoms with Crippen LogP contribution in [0.4, 0.5) is 42.5 Å². The van der Waals surface area contributed by atoms with Crippen molar-refractivity contribution in [2.45, 2.75) is 31.9 Å². The topological polar surface area (TPSA) is 148 Å². The average Bonchev–Trinajstić information content (AvgIpc) is 3.21. The highest BCUT2D eigenvalue weighted by Crippen LogP contribution is 2.37. The molecule has 4 heterocycles. The first kappa shape index (κ1) is 29.9. The second-order valence-corrected chi connectivity index (χ2v) is 9.01. The predicted octanol–water partition coefficient (Wildman–Crippen LogP) is 4.49. The van der Waals surface area contributed by atoms with Crippen molar-refractivity contribution in [1.29, 1.82) is 0 Å². The summed E-state index contributed by atoms with van der Waals surface area (Å²) in [4.78, 5) is 64.5. The number of aromatic nitrogens is 4. The van der Waals surface area contributed by atoms with Gasteiger partial charge in [-0.05, 0) is 36.2 Å². The van der Waals surface area contributed by atoms with Crippen molar-refractivity contribution in [1.82, 2.24) is 19.9 Å². The lowest BCUT2D eigenvalue weighted by atomic mass is 10.1. The highest BCUT2D eigenvalue weighted by Gasteiger charge is 2.53. The molecular formula is C26H16F6N6O6. The highest BCUT2D eigenvalue weighted by molar-refractivity contribution is 6.28. The van der Waals surface area contributed by atoms with Gasteiger partial charge in [0, 0.05) is 18.5 Å². The van der Waals surface area contributed by atoms with E-state index < -0.39 is 53.3 Å². The molecule has 0 spiro atoms. The number of halogens is 6. The Bertz CT molecular complexity index is 1860. The molecule has 1 aromatic carbocycles. The smallest absolute Gasteiger partial charge is 0.455 e. The lowest BCUT2D eigenvalue weighted by Crippen LogP contribution is -2.42. The number of anilines is 2. The number of urea groups is 1. The van der Waals surface area contributed by atoms with E-state index in [1.807, 2.05) is 0 Å². The number of imide groups is 1. The van der Waals surface area contributed by atoms with Crippen LogP contribution in [0.15, 0.2) is 59.9 Å². The summed E-state index contributed by atoms with van der Waals surface area (Å²) in [6.07, 6.45) is -9.50. The molecule has 44 heavy (non-hydrogen) atoms. The number of hydrogen-bond donors (Lipinski definition) is 1. The summed E-state index contributed by atoms with van der Waals surface area (Å²) in [7, 11) is 0. The molecule has 3 amide bonds. The molecule has 1 aliphatic heterocycles. The van der Waals surface area contributed by atoms with Crippen LogP contribution in [0, 0.1) is 0 Å². The number of nitrogens with one attached hydrogen (secondary N) is 1. The molecule has 5 rings (SSSR count). The van der Waals surface area contributed by atoms with E-state index in [0.717, 1.165) is 6.20 Å². The van der Waals surface area contributed by atoms with Crippen LogP contribution in [0.1, 0.15) is 18.1 Å². The van der Waals surface area contributed by atoms with Gasteiger partial charge in [-0.25, -0.2) is 29.4 Å². The first-order valence-corrected chi connectivity index (χ1v) is 12.3. The van der Waals surface area contributed by atoms with Gasteiger partial charge in [-0.15, -0.1) is 0 Å². The normalized spacial score (nSPS) is 15.7. The second-order valence-electron chi connectivity index (χ2n) is 9.01. The van der Waals surface area contributed by atoms with Crippen LogP contribution in [0.5, 0.6) is 11.5 Å². The van der Waals surface area contributed by atoms with E-state index in [9.17, 15) is 45.5 Å². The molecule has 1 fully saturated rings. The third kappa shape index (κ3) is 5.60. The number of carbonyl (C=O) groups is 3. The van der Waals surface area contributed by atoms with Gasteiger partial charge < -0.3 is 14.5 Å². The molecular weight excluding hydrogens is 606 g/mol. The Hall–Kier alpha value is -5.55. The zero-order valence-corrected chi connectivity index (χ0v) is 21.9. The van der Waals surface area contributed by atoms with Gasteiger partial charge in [0.05, 0.1) is 29.3 Å². The summed E-state index contributed by atoms with van der Waals surface area (Å²) in [5.41, 5.74) is -2.23. The van der Waals surface area contributed by atoms with E-state index in [2.05, 4.69) is 24.7 Å². The number of ether oxygens (including phenoxy) is 2. The number of benzene rings is 1. The quantitative estimate of drug-likeness (QED) is 0.187. The van der Waals surface area contributed by atoms with Crippen LogP contribution >= 0.6 is 0 Å². The Morgan fingerprint density at radius 3 is 2.39 bits per heavy atom. The fourth-order valence-electron chi connectivity index (χ4n) is 4.20. The number of H-pyrrole nitrogens is 1. The summed E-state index contributed by atoms with van der Waals surface area (Å²) in [6.45, 7) is 1.67. The van der Waals surface area contributed by atoms with Crippen molar-refractivity contribution in [3.8, 4) is 11.5 Å². The van der Waals surface area contributed by atoms with Gasteiger partial charge in [0.25, 0.3) is 17.7 Å². The third-order valence-corrected chi connectivity index (χ3v) is 6.19. The van der Waals surface area contributed by atoms with Gasteiger partial charge in [-0.1, -0.05) is 6.92 Å². The van der Waals surface area contributed by atoms with Crippen molar-refractivity contribution >= 4 is 40.4 Å². The summed E-state index contributed by atoms with van der Waals surface area (Å²) in [6, 6.07) is 4.12. The number of nitrogens with zero attached hydrogens (tertiary/aromatic N) is 5. The van der Waals surface area contributed by atoms with Gasteiger partial charge in [0.1, 0.15) is 11.3 Å². The summed E-state index contributed by atoms with van der Waals surface area (Å²) in [5.74, 6) is -4.04. The minimum Gasteiger partial charge on any atom is -0.455 e. The van der Waals surface area contributed by atoms with Crippen LogP contribution < -0.4 is 20.1 Å². The molecule has 0 bridgehead atoms. The van der Waals surface area contributed by atoms with E-state index in [1.165, 1.54) is 30.5 Å². The second kappa shape index (κ2) is 10.9. The van der Waals surface area contributed by atoms with Crippen molar-refractivity contribution in [2.75, 3.05) is 9.80 Å². The molecule has 228 valence electrons. The summed E-state index contributed by atoms with van der Waals surface area (Å²) in [5, 5.41) is 0. The van der Waals surface area contributed by atoms with Gasteiger partial charge in [-0.2, -0.15) is 26.3 Å². The number of aromatic amines is 1. The van der Waals surface area contributed by atoms with Crippen LogP contribution in [0.3, 0.4) is 0 Å². The zero-order valence-electron chi connectivity index (χ0n) is 21.9. The van der Waals surface area contributed by atoms with Crippen LogP contribution in [0.25, 0.3) is 11.2 Å². The van der Waals surface area contributed by atoms with Crippen molar-refractivity contribution in [3.05, 3.63) is 76.6 Å². The van der Waals surface area contributed by atoms with Gasteiger partial charge >= 0.3 is 24.4 Å². The Kier molecular flexibility index (Phi) is 7.44. The molecule has 3 aromatic heterocycles. The van der Waals surface area contributed by atoms with Gasteiger partial charge in [-0.3, -0.25) is 14.6 Å². The molecule has 0 aliphatic carbocycles. The number of alkyl halides is 6.